The van der Waals surface area contributed by atoms with Gasteiger partial charge in [-0.05, 0) is 52.2 Å². The summed E-state index contributed by atoms with van der Waals surface area (Å²) < 4.78 is 5.55. The Bertz CT molecular complexity index is 1550. The number of amides is 1. The molecule has 0 saturated carbocycles. The minimum Gasteiger partial charge on any atom is -0.402 e. The standard InChI is InChI=1S/C31H33N5O2S/c1-18-10-11-24(27(19(2)32)20(3)33)25(16-18)31(37)36-14-12-23(13-15-36)30-34-26(17-39-30)28-21(4)38-35-29(28)22-8-6-5-7-9-22/h5-11,16-17,23,32H,12-15,33H2,1-4H3/b27-20+,32-19?. The molecule has 0 spiro atoms. The highest BCUT2D eigenvalue weighted by atomic mass is 32.1. The number of carbonyl (C=O) groups excluding carboxylic acids is 1. The normalized spacial score (nSPS) is 14.8. The van der Waals surface area contributed by atoms with Crippen molar-refractivity contribution in [2.75, 3.05) is 13.1 Å². The largest absolute Gasteiger partial charge is 0.402 e. The summed E-state index contributed by atoms with van der Waals surface area (Å²) in [5, 5.41) is 15.7. The summed E-state index contributed by atoms with van der Waals surface area (Å²) in [6.45, 7) is 8.68. The van der Waals surface area contributed by atoms with Crippen LogP contribution < -0.4 is 5.73 Å². The van der Waals surface area contributed by atoms with Crippen LogP contribution in [0.5, 0.6) is 0 Å². The molecular formula is C31H33N5O2S. The molecule has 39 heavy (non-hydrogen) atoms. The molecule has 1 aliphatic heterocycles. The number of allylic oxidation sites excluding steroid dienone is 2. The summed E-state index contributed by atoms with van der Waals surface area (Å²) in [4.78, 5) is 20.6. The second-order valence-corrected chi connectivity index (χ2v) is 11.1. The Labute approximate surface area is 232 Å². The number of nitrogens with one attached hydrogen (secondary N) is 1. The predicted molar refractivity (Wildman–Crippen MR) is 157 cm³/mol. The highest BCUT2D eigenvalue weighted by Crippen LogP contribution is 2.38. The van der Waals surface area contributed by atoms with Crippen molar-refractivity contribution in [2.45, 2.75) is 46.5 Å². The molecule has 4 aromatic rings. The molecule has 2 aromatic carbocycles. The first-order valence-corrected chi connectivity index (χ1v) is 14.0. The smallest absolute Gasteiger partial charge is 0.254 e. The van der Waals surface area contributed by atoms with Crippen LogP contribution in [0.25, 0.3) is 28.1 Å². The van der Waals surface area contributed by atoms with E-state index in [1.54, 1.807) is 25.2 Å². The molecule has 2 aromatic heterocycles. The molecule has 1 amide bonds. The molecule has 1 fully saturated rings. The maximum Gasteiger partial charge on any atom is 0.254 e. The second-order valence-electron chi connectivity index (χ2n) is 10.2. The van der Waals surface area contributed by atoms with E-state index in [9.17, 15) is 4.79 Å². The van der Waals surface area contributed by atoms with E-state index in [1.807, 2.05) is 67.3 Å². The van der Waals surface area contributed by atoms with Crippen LogP contribution in [0.2, 0.25) is 0 Å². The van der Waals surface area contributed by atoms with E-state index in [0.29, 0.717) is 35.6 Å². The topological polar surface area (TPSA) is 109 Å². The zero-order chi connectivity index (χ0) is 27.7. The Hall–Kier alpha value is -4.04. The Balaban J connectivity index is 1.34. The van der Waals surface area contributed by atoms with E-state index in [-0.39, 0.29) is 11.8 Å². The third-order valence-corrected chi connectivity index (χ3v) is 8.27. The minimum absolute atomic E-state index is 0.0143. The summed E-state index contributed by atoms with van der Waals surface area (Å²) in [5.41, 5.74) is 13.6. The van der Waals surface area contributed by atoms with Crippen molar-refractivity contribution >= 4 is 28.5 Å². The second kappa shape index (κ2) is 11.0. The molecule has 3 N–H and O–H groups in total. The third kappa shape index (κ3) is 5.29. The Morgan fingerprint density at radius 1 is 1.08 bits per heavy atom. The van der Waals surface area contributed by atoms with Crippen molar-refractivity contribution in [2.24, 2.45) is 5.73 Å². The van der Waals surface area contributed by atoms with Crippen molar-refractivity contribution < 1.29 is 9.32 Å². The fourth-order valence-corrected chi connectivity index (χ4v) is 6.30. The number of hydrogen-bond acceptors (Lipinski definition) is 7. The lowest BCUT2D eigenvalue weighted by molar-refractivity contribution is 0.0712. The number of hydrogen-bond donors (Lipinski definition) is 2. The molecule has 1 aliphatic rings. The van der Waals surface area contributed by atoms with E-state index >= 15 is 0 Å². The van der Waals surface area contributed by atoms with Crippen LogP contribution in [0.15, 0.2) is 64.1 Å². The van der Waals surface area contributed by atoms with Gasteiger partial charge in [0, 0.05) is 52.5 Å². The Kier molecular flexibility index (Phi) is 7.48. The zero-order valence-corrected chi connectivity index (χ0v) is 23.6. The molecule has 8 heteroatoms. The van der Waals surface area contributed by atoms with Gasteiger partial charge < -0.3 is 20.6 Å². The van der Waals surface area contributed by atoms with Crippen LogP contribution in [-0.2, 0) is 0 Å². The molecule has 0 aliphatic carbocycles. The molecule has 1 saturated heterocycles. The molecule has 200 valence electrons. The van der Waals surface area contributed by atoms with Gasteiger partial charge in [-0.15, -0.1) is 11.3 Å². The van der Waals surface area contributed by atoms with Gasteiger partial charge in [0.2, 0.25) is 0 Å². The quantitative estimate of drug-likeness (QED) is 0.261. The molecule has 7 nitrogen and oxygen atoms in total. The lowest BCUT2D eigenvalue weighted by Gasteiger charge is -2.32. The molecule has 5 rings (SSSR count). The number of piperidine rings is 1. The summed E-state index contributed by atoms with van der Waals surface area (Å²) in [5.74, 6) is 1.02. The summed E-state index contributed by atoms with van der Waals surface area (Å²) in [6, 6.07) is 15.8. The number of aromatic nitrogens is 2. The summed E-state index contributed by atoms with van der Waals surface area (Å²) in [6.07, 6.45) is 1.69. The SMILES string of the molecule is CC(=N)/C(=C(/C)N)c1ccc(C)cc1C(=O)N1CCC(c2nc(-c3c(-c4ccccc4)noc3C)cs2)CC1. The maximum atomic E-state index is 13.7. The summed E-state index contributed by atoms with van der Waals surface area (Å²) in [7, 11) is 0. The van der Waals surface area contributed by atoms with E-state index in [1.165, 1.54) is 0 Å². The molecule has 3 heterocycles. The van der Waals surface area contributed by atoms with Gasteiger partial charge >= 0.3 is 0 Å². The van der Waals surface area contributed by atoms with Crippen LogP contribution in [-0.4, -0.2) is 39.7 Å². The first-order chi connectivity index (χ1) is 18.7. The van der Waals surface area contributed by atoms with E-state index < -0.39 is 0 Å². The number of carbonyl (C=O) groups is 1. The predicted octanol–water partition coefficient (Wildman–Crippen LogP) is 6.83. The number of benzene rings is 2. The lowest BCUT2D eigenvalue weighted by Crippen LogP contribution is -2.38. The molecule has 0 unspecified atom stereocenters. The zero-order valence-electron chi connectivity index (χ0n) is 22.7. The fourth-order valence-electron chi connectivity index (χ4n) is 5.32. The third-order valence-electron chi connectivity index (χ3n) is 7.26. The van der Waals surface area contributed by atoms with Crippen molar-refractivity contribution in [3.8, 4) is 22.5 Å². The van der Waals surface area contributed by atoms with Gasteiger partial charge in [0.15, 0.2) is 0 Å². The van der Waals surface area contributed by atoms with Gasteiger partial charge in [-0.25, -0.2) is 4.98 Å². The van der Waals surface area contributed by atoms with Crippen molar-refractivity contribution in [3.63, 3.8) is 0 Å². The van der Waals surface area contributed by atoms with Gasteiger partial charge in [-0.3, -0.25) is 4.79 Å². The van der Waals surface area contributed by atoms with E-state index in [2.05, 4.69) is 10.5 Å². The first-order valence-electron chi connectivity index (χ1n) is 13.1. The van der Waals surface area contributed by atoms with Gasteiger partial charge in [0.05, 0.1) is 16.3 Å². The number of nitrogens with two attached hydrogens (primary N) is 1. The fraction of sp³-hybridized carbons (Fsp3) is 0.290. The van der Waals surface area contributed by atoms with Crippen molar-refractivity contribution in [1.29, 1.82) is 5.41 Å². The van der Waals surface area contributed by atoms with Crippen LogP contribution in [0.3, 0.4) is 0 Å². The molecular weight excluding hydrogens is 506 g/mol. The van der Waals surface area contributed by atoms with Gasteiger partial charge in [-0.1, -0.05) is 53.2 Å². The molecule has 0 atom stereocenters. The first kappa shape index (κ1) is 26.6. The number of nitrogens with zero attached hydrogens (tertiary/aromatic N) is 3. The monoisotopic (exact) mass is 539 g/mol. The number of likely N-dealkylation sites (tertiary alicyclic amines) is 1. The average molecular weight is 540 g/mol. The minimum atomic E-state index is -0.0143. The number of thiazole rings is 1. The van der Waals surface area contributed by atoms with Gasteiger partial charge in [-0.2, -0.15) is 0 Å². The van der Waals surface area contributed by atoms with E-state index in [4.69, 9.17) is 20.7 Å². The highest BCUT2D eigenvalue weighted by Gasteiger charge is 2.29. The van der Waals surface area contributed by atoms with Crippen LogP contribution in [0.4, 0.5) is 0 Å². The molecule has 0 radical (unpaired) electrons. The van der Waals surface area contributed by atoms with Crippen LogP contribution in [0.1, 0.15) is 64.9 Å². The number of rotatable bonds is 6. The van der Waals surface area contributed by atoms with Crippen LogP contribution >= 0.6 is 11.3 Å². The average Bonchev–Trinajstić information content (AvgIpc) is 3.56. The highest BCUT2D eigenvalue weighted by molar-refractivity contribution is 7.10. The van der Waals surface area contributed by atoms with Gasteiger partial charge in [0.25, 0.3) is 5.91 Å². The lowest BCUT2D eigenvalue weighted by atomic mass is 9.92. The molecule has 0 bridgehead atoms. The van der Waals surface area contributed by atoms with Gasteiger partial charge in [0.1, 0.15) is 11.5 Å². The Morgan fingerprint density at radius 3 is 2.46 bits per heavy atom. The Morgan fingerprint density at radius 2 is 1.79 bits per heavy atom. The summed E-state index contributed by atoms with van der Waals surface area (Å²) >= 11 is 1.66. The van der Waals surface area contributed by atoms with E-state index in [0.717, 1.165) is 57.3 Å². The maximum absolute atomic E-state index is 13.7. The van der Waals surface area contributed by atoms with Crippen molar-refractivity contribution in [3.05, 3.63) is 87.1 Å². The number of aryl methyl sites for hydroxylation is 2. The van der Waals surface area contributed by atoms with Crippen LogP contribution in [0, 0.1) is 19.3 Å². The van der Waals surface area contributed by atoms with Crippen molar-refractivity contribution in [1.82, 2.24) is 15.0 Å².